The van der Waals surface area contributed by atoms with Crippen LogP contribution in [0.1, 0.15) is 54.7 Å². The van der Waals surface area contributed by atoms with Crippen LogP contribution in [0.25, 0.3) is 0 Å². The van der Waals surface area contributed by atoms with Gasteiger partial charge < -0.3 is 19.8 Å². The molecular weight excluding hydrogens is 503 g/mol. The third kappa shape index (κ3) is 5.39. The summed E-state index contributed by atoms with van der Waals surface area (Å²) >= 11 is 12.2. The number of carbonyl (C=O) groups is 2. The number of aromatic nitrogens is 1. The topological polar surface area (TPSA) is 100.0 Å². The monoisotopic (exact) mass is 528 g/mol. The molecule has 2 heterocycles. The van der Waals surface area contributed by atoms with Crippen molar-refractivity contribution < 1.29 is 24.5 Å². The van der Waals surface area contributed by atoms with Crippen LogP contribution in [0.2, 0.25) is 10.0 Å². The molecule has 1 fully saturated rings. The Morgan fingerprint density at radius 3 is 2.08 bits per heavy atom. The molecule has 5 atom stereocenters. The van der Waals surface area contributed by atoms with Gasteiger partial charge in [0.2, 0.25) is 0 Å². The van der Waals surface area contributed by atoms with Gasteiger partial charge >= 0.3 is 5.97 Å². The van der Waals surface area contributed by atoms with E-state index >= 15 is 0 Å². The van der Waals surface area contributed by atoms with E-state index in [0.717, 1.165) is 0 Å². The molecule has 2 aromatic carbocycles. The van der Waals surface area contributed by atoms with Gasteiger partial charge in [0.05, 0.1) is 6.04 Å². The lowest BCUT2D eigenvalue weighted by atomic mass is 9.88. The molecule has 36 heavy (non-hydrogen) atoms. The van der Waals surface area contributed by atoms with Gasteiger partial charge in [0.25, 0.3) is 5.91 Å². The summed E-state index contributed by atoms with van der Waals surface area (Å²) in [6.07, 6.45) is 0.327. The lowest BCUT2D eigenvalue weighted by Gasteiger charge is -2.48. The fourth-order valence-corrected chi connectivity index (χ4v) is 4.83. The first-order valence-corrected chi connectivity index (χ1v) is 12.4. The van der Waals surface area contributed by atoms with Crippen LogP contribution >= 0.6 is 23.2 Å². The SMILES string of the molecule is CCCC(C(=O)O)N1C(=O)[C@@H](C(O)c2ccncc2)O[C@H](c2ccc(Cl)cc2)[C@@H]1c1ccc(Cl)cc1. The van der Waals surface area contributed by atoms with Crippen molar-refractivity contribution in [2.75, 3.05) is 0 Å². The summed E-state index contributed by atoms with van der Waals surface area (Å²) in [6.45, 7) is 1.86. The molecule has 9 heteroatoms. The fraction of sp³-hybridized carbons (Fsp3) is 0.296. The van der Waals surface area contributed by atoms with E-state index in [2.05, 4.69) is 4.98 Å². The molecule has 2 N–H and O–H groups in total. The minimum Gasteiger partial charge on any atom is -0.480 e. The highest BCUT2D eigenvalue weighted by atomic mass is 35.5. The summed E-state index contributed by atoms with van der Waals surface area (Å²) in [5, 5.41) is 22.4. The zero-order valence-electron chi connectivity index (χ0n) is 19.5. The van der Waals surface area contributed by atoms with E-state index in [-0.39, 0.29) is 6.42 Å². The van der Waals surface area contributed by atoms with E-state index in [0.29, 0.717) is 33.2 Å². The Morgan fingerprint density at radius 2 is 1.56 bits per heavy atom. The van der Waals surface area contributed by atoms with Gasteiger partial charge in [-0.1, -0.05) is 60.8 Å². The van der Waals surface area contributed by atoms with E-state index in [1.165, 1.54) is 17.3 Å². The summed E-state index contributed by atoms with van der Waals surface area (Å²) in [5.41, 5.74) is 1.78. The maximum Gasteiger partial charge on any atom is 0.326 e. The van der Waals surface area contributed by atoms with Gasteiger partial charge in [-0.05, 0) is 59.5 Å². The number of ether oxygens (including phenoxy) is 1. The minimum absolute atomic E-state index is 0.233. The summed E-state index contributed by atoms with van der Waals surface area (Å²) < 4.78 is 6.35. The predicted octanol–water partition coefficient (Wildman–Crippen LogP) is 5.39. The van der Waals surface area contributed by atoms with E-state index in [1.807, 2.05) is 6.92 Å². The molecule has 0 saturated carbocycles. The molecule has 1 saturated heterocycles. The molecule has 1 aromatic heterocycles. The molecule has 7 nitrogen and oxygen atoms in total. The Labute approximate surface area is 219 Å². The number of carboxylic acids is 1. The standard InChI is InChI=1S/C27H26Cl2N2O5/c1-2-3-21(27(34)35)31-22(16-4-8-19(28)9-5-16)24(18-6-10-20(29)11-7-18)36-25(26(31)33)23(32)17-12-14-30-15-13-17/h4-15,21-25,32H,2-3H2,1H3,(H,34,35)/t21?,22-,23?,24+,25+/m0/s1. The number of hydrogen-bond acceptors (Lipinski definition) is 5. The third-order valence-electron chi connectivity index (χ3n) is 6.30. The first kappa shape index (κ1) is 26.1. The maximum absolute atomic E-state index is 14.0. The highest BCUT2D eigenvalue weighted by Gasteiger charge is 2.50. The number of hydrogen-bond donors (Lipinski definition) is 2. The number of aliphatic hydroxyl groups is 1. The highest BCUT2D eigenvalue weighted by molar-refractivity contribution is 6.30. The highest BCUT2D eigenvalue weighted by Crippen LogP contribution is 2.46. The number of aliphatic hydroxyl groups excluding tert-OH is 1. The summed E-state index contributed by atoms with van der Waals surface area (Å²) in [6, 6.07) is 15.1. The molecule has 188 valence electrons. The van der Waals surface area contributed by atoms with Crippen LogP contribution in [-0.4, -0.2) is 44.1 Å². The van der Waals surface area contributed by atoms with Gasteiger partial charge in [-0.25, -0.2) is 4.79 Å². The van der Waals surface area contributed by atoms with Crippen LogP contribution in [-0.2, 0) is 14.3 Å². The second kappa shape index (κ2) is 11.4. The van der Waals surface area contributed by atoms with Crippen LogP contribution in [0.4, 0.5) is 0 Å². The predicted molar refractivity (Wildman–Crippen MR) is 136 cm³/mol. The van der Waals surface area contributed by atoms with Crippen LogP contribution in [0.15, 0.2) is 73.1 Å². The van der Waals surface area contributed by atoms with Gasteiger partial charge in [-0.15, -0.1) is 0 Å². The molecule has 0 bridgehead atoms. The van der Waals surface area contributed by atoms with Crippen molar-refractivity contribution in [3.63, 3.8) is 0 Å². The maximum atomic E-state index is 14.0. The molecule has 1 aliphatic heterocycles. The van der Waals surface area contributed by atoms with Gasteiger partial charge in [0, 0.05) is 22.4 Å². The Hall–Kier alpha value is -2.97. The molecular formula is C27H26Cl2N2O5. The summed E-state index contributed by atoms with van der Waals surface area (Å²) in [7, 11) is 0. The van der Waals surface area contributed by atoms with Crippen LogP contribution in [0, 0.1) is 0 Å². The number of pyridine rings is 1. The molecule has 1 aliphatic rings. The quantitative estimate of drug-likeness (QED) is 0.406. The zero-order chi connectivity index (χ0) is 25.8. The van der Waals surface area contributed by atoms with Gasteiger partial charge in [-0.3, -0.25) is 9.78 Å². The molecule has 0 radical (unpaired) electrons. The molecule has 0 spiro atoms. The lowest BCUT2D eigenvalue weighted by Crippen LogP contribution is -2.58. The normalized spacial score (nSPS) is 21.7. The first-order chi connectivity index (χ1) is 17.3. The number of amides is 1. The third-order valence-corrected chi connectivity index (χ3v) is 6.81. The van der Waals surface area contributed by atoms with Crippen LogP contribution in [0.5, 0.6) is 0 Å². The molecule has 1 amide bonds. The van der Waals surface area contributed by atoms with E-state index in [4.69, 9.17) is 27.9 Å². The fourth-order valence-electron chi connectivity index (χ4n) is 4.58. The lowest BCUT2D eigenvalue weighted by molar-refractivity contribution is -0.197. The van der Waals surface area contributed by atoms with E-state index < -0.39 is 42.3 Å². The number of carboxylic acid groups (broad SMARTS) is 1. The number of nitrogens with zero attached hydrogens (tertiary/aromatic N) is 2. The van der Waals surface area contributed by atoms with Crippen molar-refractivity contribution in [3.05, 3.63) is 99.8 Å². The van der Waals surface area contributed by atoms with Crippen LogP contribution < -0.4 is 0 Å². The smallest absolute Gasteiger partial charge is 0.326 e. The number of aliphatic carboxylic acids is 1. The van der Waals surface area contributed by atoms with Crippen molar-refractivity contribution in [3.8, 4) is 0 Å². The number of rotatable bonds is 8. The number of morpholine rings is 1. The average molecular weight is 529 g/mol. The van der Waals surface area contributed by atoms with E-state index in [1.54, 1.807) is 60.7 Å². The van der Waals surface area contributed by atoms with Crippen LogP contribution in [0.3, 0.4) is 0 Å². The second-order valence-corrected chi connectivity index (χ2v) is 9.51. The molecule has 0 aliphatic carbocycles. The first-order valence-electron chi connectivity index (χ1n) is 11.6. The molecule has 3 aromatic rings. The largest absolute Gasteiger partial charge is 0.480 e. The van der Waals surface area contributed by atoms with Crippen molar-refractivity contribution in [2.24, 2.45) is 0 Å². The Bertz CT molecular complexity index is 1190. The van der Waals surface area contributed by atoms with Crippen molar-refractivity contribution in [1.82, 2.24) is 9.88 Å². The van der Waals surface area contributed by atoms with Crippen molar-refractivity contribution in [1.29, 1.82) is 0 Å². The minimum atomic E-state index is -1.34. The second-order valence-electron chi connectivity index (χ2n) is 8.64. The molecule has 2 unspecified atom stereocenters. The van der Waals surface area contributed by atoms with Gasteiger partial charge in [0.1, 0.15) is 18.2 Å². The van der Waals surface area contributed by atoms with E-state index in [9.17, 15) is 19.8 Å². The van der Waals surface area contributed by atoms with Gasteiger partial charge in [0.15, 0.2) is 6.10 Å². The number of halogens is 2. The Balaban J connectivity index is 1.89. The Morgan fingerprint density at radius 1 is 1.00 bits per heavy atom. The summed E-state index contributed by atoms with van der Waals surface area (Å²) in [4.78, 5) is 31.7. The average Bonchev–Trinajstić information content (AvgIpc) is 2.88. The number of carbonyl (C=O) groups excluding carboxylic acids is 1. The zero-order valence-corrected chi connectivity index (χ0v) is 21.0. The number of benzene rings is 2. The van der Waals surface area contributed by atoms with Crippen molar-refractivity contribution >= 4 is 35.1 Å². The molecule has 4 rings (SSSR count). The van der Waals surface area contributed by atoms with Gasteiger partial charge in [-0.2, -0.15) is 0 Å². The Kier molecular flexibility index (Phi) is 8.26. The van der Waals surface area contributed by atoms with Crippen molar-refractivity contribution in [2.45, 2.75) is 50.2 Å². The summed E-state index contributed by atoms with van der Waals surface area (Å²) in [5.74, 6) is -1.73.